The lowest BCUT2D eigenvalue weighted by Crippen LogP contribution is -2.23. The van der Waals surface area contributed by atoms with Crippen LogP contribution >= 0.6 is 0 Å². The Morgan fingerprint density at radius 1 is 1.44 bits per heavy atom. The topological polar surface area (TPSA) is 49.5 Å². The first kappa shape index (κ1) is 13.0. The molecule has 0 heterocycles. The molecule has 0 aliphatic rings. The van der Waals surface area contributed by atoms with Crippen LogP contribution in [0.5, 0.6) is 0 Å². The minimum absolute atomic E-state index is 0.255. The van der Waals surface area contributed by atoms with Gasteiger partial charge in [0.2, 0.25) is 0 Å². The third-order valence-corrected chi connectivity index (χ3v) is 2.75. The molecule has 1 aromatic carbocycles. The molecule has 3 nitrogen and oxygen atoms in total. The summed E-state index contributed by atoms with van der Waals surface area (Å²) in [6, 6.07) is 6.31. The summed E-state index contributed by atoms with van der Waals surface area (Å²) in [7, 11) is 2.03. The Morgan fingerprint density at radius 2 is 2.12 bits per heavy atom. The van der Waals surface area contributed by atoms with Crippen LogP contribution in [0.2, 0.25) is 0 Å². The Kier molecular flexibility index (Phi) is 4.77. The maximum absolute atomic E-state index is 9.27. The molecule has 0 radical (unpaired) electrons. The van der Waals surface area contributed by atoms with Crippen LogP contribution in [0, 0.1) is 6.92 Å². The Bertz CT molecular complexity index is 337. The quantitative estimate of drug-likeness (QED) is 0.796. The van der Waals surface area contributed by atoms with Crippen LogP contribution in [0.3, 0.4) is 0 Å². The van der Waals surface area contributed by atoms with E-state index in [0.29, 0.717) is 6.54 Å². The molecular weight excluding hydrogens is 200 g/mol. The number of nitrogens with zero attached hydrogens (tertiary/aromatic N) is 1. The second-order valence-electron chi connectivity index (χ2n) is 4.40. The number of rotatable bonds is 5. The van der Waals surface area contributed by atoms with Crippen LogP contribution < -0.4 is 10.6 Å². The highest BCUT2D eigenvalue weighted by Gasteiger charge is 2.07. The van der Waals surface area contributed by atoms with Crippen molar-refractivity contribution in [3.63, 3.8) is 0 Å². The molecule has 0 saturated carbocycles. The van der Waals surface area contributed by atoms with Gasteiger partial charge in [-0.2, -0.15) is 0 Å². The van der Waals surface area contributed by atoms with Gasteiger partial charge in [0.15, 0.2) is 0 Å². The molecule has 0 fully saturated rings. The van der Waals surface area contributed by atoms with E-state index in [1.165, 1.54) is 5.56 Å². The maximum Gasteiger partial charge on any atom is 0.0528 e. The van der Waals surface area contributed by atoms with Gasteiger partial charge in [-0.15, -0.1) is 0 Å². The SMILES string of the molecule is Cc1ccc(N(C)CCC(C)O)c(CN)c1. The molecule has 3 N–H and O–H groups in total. The van der Waals surface area contributed by atoms with Crippen molar-refractivity contribution in [3.8, 4) is 0 Å². The first-order valence-corrected chi connectivity index (χ1v) is 5.73. The van der Waals surface area contributed by atoms with Gasteiger partial charge in [0, 0.05) is 25.8 Å². The Balaban J connectivity index is 2.77. The van der Waals surface area contributed by atoms with E-state index in [1.54, 1.807) is 0 Å². The van der Waals surface area contributed by atoms with E-state index in [1.807, 2.05) is 14.0 Å². The molecular formula is C13H22N2O. The first-order valence-electron chi connectivity index (χ1n) is 5.73. The molecule has 0 aromatic heterocycles. The predicted octanol–water partition coefficient (Wildman–Crippen LogP) is 1.66. The van der Waals surface area contributed by atoms with Crippen LogP contribution in [0.1, 0.15) is 24.5 Å². The fourth-order valence-corrected chi connectivity index (χ4v) is 1.75. The molecule has 0 saturated heterocycles. The lowest BCUT2D eigenvalue weighted by atomic mass is 10.1. The van der Waals surface area contributed by atoms with E-state index in [0.717, 1.165) is 24.2 Å². The van der Waals surface area contributed by atoms with Gasteiger partial charge in [-0.1, -0.05) is 17.7 Å². The van der Waals surface area contributed by atoms with Gasteiger partial charge in [0.1, 0.15) is 0 Å². The van der Waals surface area contributed by atoms with Gasteiger partial charge in [-0.25, -0.2) is 0 Å². The lowest BCUT2D eigenvalue weighted by Gasteiger charge is -2.23. The molecule has 1 unspecified atom stereocenters. The summed E-state index contributed by atoms with van der Waals surface area (Å²) in [4.78, 5) is 2.15. The second-order valence-corrected chi connectivity index (χ2v) is 4.40. The highest BCUT2D eigenvalue weighted by atomic mass is 16.3. The second kappa shape index (κ2) is 5.87. The van der Waals surface area contributed by atoms with Crippen molar-refractivity contribution in [2.45, 2.75) is 32.9 Å². The zero-order chi connectivity index (χ0) is 12.1. The van der Waals surface area contributed by atoms with Gasteiger partial charge in [0.25, 0.3) is 0 Å². The molecule has 0 aliphatic carbocycles. The van der Waals surface area contributed by atoms with Gasteiger partial charge in [0.05, 0.1) is 6.10 Å². The van der Waals surface area contributed by atoms with E-state index < -0.39 is 0 Å². The number of aliphatic hydroxyl groups is 1. The zero-order valence-electron chi connectivity index (χ0n) is 10.4. The molecule has 0 spiro atoms. The summed E-state index contributed by atoms with van der Waals surface area (Å²) < 4.78 is 0. The van der Waals surface area contributed by atoms with Crippen LogP contribution in [0.25, 0.3) is 0 Å². The Morgan fingerprint density at radius 3 is 2.69 bits per heavy atom. The molecule has 90 valence electrons. The molecule has 16 heavy (non-hydrogen) atoms. The molecule has 0 bridgehead atoms. The number of nitrogens with two attached hydrogens (primary N) is 1. The average Bonchev–Trinajstić information content (AvgIpc) is 2.25. The van der Waals surface area contributed by atoms with E-state index >= 15 is 0 Å². The highest BCUT2D eigenvalue weighted by molar-refractivity contribution is 5.54. The van der Waals surface area contributed by atoms with Crippen LogP contribution in [0.4, 0.5) is 5.69 Å². The van der Waals surface area contributed by atoms with Crippen molar-refractivity contribution >= 4 is 5.69 Å². The van der Waals surface area contributed by atoms with Gasteiger partial charge < -0.3 is 15.7 Å². The summed E-state index contributed by atoms with van der Waals surface area (Å²) in [6.45, 7) is 5.27. The summed E-state index contributed by atoms with van der Waals surface area (Å²) >= 11 is 0. The summed E-state index contributed by atoms with van der Waals surface area (Å²) in [5.74, 6) is 0. The number of anilines is 1. The molecule has 1 aromatic rings. The average molecular weight is 222 g/mol. The maximum atomic E-state index is 9.27. The van der Waals surface area contributed by atoms with E-state index in [-0.39, 0.29) is 6.10 Å². The summed E-state index contributed by atoms with van der Waals surface area (Å²) in [5.41, 5.74) is 9.29. The Labute approximate surface area is 97.9 Å². The molecule has 3 heteroatoms. The number of hydrogen-bond acceptors (Lipinski definition) is 3. The fourth-order valence-electron chi connectivity index (χ4n) is 1.75. The van der Waals surface area contributed by atoms with Crippen molar-refractivity contribution < 1.29 is 5.11 Å². The first-order chi connectivity index (χ1) is 7.54. The molecule has 0 aliphatic heterocycles. The fraction of sp³-hybridized carbons (Fsp3) is 0.538. The van der Waals surface area contributed by atoms with Crippen molar-refractivity contribution in [2.75, 3.05) is 18.5 Å². The van der Waals surface area contributed by atoms with Gasteiger partial charge >= 0.3 is 0 Å². The smallest absolute Gasteiger partial charge is 0.0528 e. The molecule has 0 amide bonds. The normalized spacial score (nSPS) is 12.6. The van der Waals surface area contributed by atoms with Crippen molar-refractivity contribution in [3.05, 3.63) is 29.3 Å². The summed E-state index contributed by atoms with van der Waals surface area (Å²) in [6.07, 6.45) is 0.517. The van der Waals surface area contributed by atoms with Crippen LogP contribution in [-0.4, -0.2) is 24.8 Å². The molecule has 1 rings (SSSR count). The minimum Gasteiger partial charge on any atom is -0.393 e. The Hall–Kier alpha value is -1.06. The van der Waals surface area contributed by atoms with Crippen molar-refractivity contribution in [1.82, 2.24) is 0 Å². The lowest BCUT2D eigenvalue weighted by molar-refractivity contribution is 0.187. The van der Waals surface area contributed by atoms with E-state index in [4.69, 9.17) is 5.73 Å². The monoisotopic (exact) mass is 222 g/mol. The number of aliphatic hydroxyl groups excluding tert-OH is 1. The molecule has 1 atom stereocenters. The summed E-state index contributed by atoms with van der Waals surface area (Å²) in [5, 5.41) is 9.27. The van der Waals surface area contributed by atoms with Crippen molar-refractivity contribution in [1.29, 1.82) is 0 Å². The number of aryl methyl sites for hydroxylation is 1. The number of benzene rings is 1. The minimum atomic E-state index is -0.255. The van der Waals surface area contributed by atoms with Gasteiger partial charge in [-0.05, 0) is 31.9 Å². The van der Waals surface area contributed by atoms with Gasteiger partial charge in [-0.3, -0.25) is 0 Å². The van der Waals surface area contributed by atoms with E-state index in [2.05, 4.69) is 30.0 Å². The third-order valence-electron chi connectivity index (χ3n) is 2.75. The standard InChI is InChI=1S/C13H22N2O/c1-10-4-5-13(12(8-10)9-14)15(3)7-6-11(2)16/h4-5,8,11,16H,6-7,9,14H2,1-3H3. The van der Waals surface area contributed by atoms with Crippen LogP contribution in [0.15, 0.2) is 18.2 Å². The van der Waals surface area contributed by atoms with Crippen LogP contribution in [-0.2, 0) is 6.54 Å². The van der Waals surface area contributed by atoms with Crippen molar-refractivity contribution in [2.24, 2.45) is 5.73 Å². The van der Waals surface area contributed by atoms with E-state index in [9.17, 15) is 5.11 Å². The zero-order valence-corrected chi connectivity index (χ0v) is 10.4. The third kappa shape index (κ3) is 3.51. The highest BCUT2D eigenvalue weighted by Crippen LogP contribution is 2.20. The largest absolute Gasteiger partial charge is 0.393 e. The predicted molar refractivity (Wildman–Crippen MR) is 68.6 cm³/mol. The number of hydrogen-bond donors (Lipinski definition) is 2.